The molecule has 6 nitrogen and oxygen atoms in total. The molecule has 0 bridgehead atoms. The molecule has 0 unspecified atom stereocenters. The zero-order valence-electron chi connectivity index (χ0n) is 17.9. The summed E-state index contributed by atoms with van der Waals surface area (Å²) in [4.78, 5) is 29.2. The summed E-state index contributed by atoms with van der Waals surface area (Å²) in [6, 6.07) is 17.0. The van der Waals surface area contributed by atoms with Gasteiger partial charge in [0.15, 0.2) is 6.10 Å². The van der Waals surface area contributed by atoms with Crippen molar-refractivity contribution in [2.45, 2.75) is 26.9 Å². The van der Waals surface area contributed by atoms with Crippen LogP contribution in [0.1, 0.15) is 31.1 Å². The number of ether oxygens (including phenoxy) is 2. The van der Waals surface area contributed by atoms with E-state index in [2.05, 4.69) is 30.9 Å². The first-order chi connectivity index (χ1) is 14.4. The minimum Gasteiger partial charge on any atom is -0.493 e. The fourth-order valence-corrected chi connectivity index (χ4v) is 3.31. The van der Waals surface area contributed by atoms with Crippen molar-refractivity contribution in [3.8, 4) is 5.75 Å². The molecule has 1 saturated heterocycles. The zero-order valence-corrected chi connectivity index (χ0v) is 17.9. The third kappa shape index (κ3) is 5.75. The minimum absolute atomic E-state index is 0.159. The van der Waals surface area contributed by atoms with E-state index in [0.717, 1.165) is 18.8 Å². The Bertz CT molecular complexity index is 828. The maximum atomic E-state index is 12.7. The standard InChI is InChI=1S/C24H30N2O4/c1-18(2)17-29-22-11-9-20(10-12-22)24(28)30-19(3)23(27)26-15-13-25(14-16-26)21-7-5-4-6-8-21/h4-12,18-19H,13-17H2,1-3H3/t19-/m1/s1. The Kier molecular flexibility index (Phi) is 7.33. The molecule has 1 aliphatic heterocycles. The van der Waals surface area contributed by atoms with E-state index in [0.29, 0.717) is 36.9 Å². The molecule has 30 heavy (non-hydrogen) atoms. The van der Waals surface area contributed by atoms with Gasteiger partial charge in [-0.2, -0.15) is 0 Å². The van der Waals surface area contributed by atoms with Crippen molar-refractivity contribution in [3.63, 3.8) is 0 Å². The molecule has 1 fully saturated rings. The van der Waals surface area contributed by atoms with Gasteiger partial charge in [0.2, 0.25) is 0 Å². The van der Waals surface area contributed by atoms with E-state index in [4.69, 9.17) is 9.47 Å². The number of carbonyl (C=O) groups excluding carboxylic acids is 2. The summed E-state index contributed by atoms with van der Waals surface area (Å²) in [6.07, 6.45) is -0.822. The normalized spacial score (nSPS) is 15.1. The summed E-state index contributed by atoms with van der Waals surface area (Å²) in [5.41, 5.74) is 1.56. The van der Waals surface area contributed by atoms with E-state index in [1.807, 2.05) is 18.2 Å². The SMILES string of the molecule is CC(C)COc1ccc(C(=O)O[C@H](C)C(=O)N2CCN(c3ccccc3)CC2)cc1. The topological polar surface area (TPSA) is 59.1 Å². The Morgan fingerprint density at radius 2 is 1.53 bits per heavy atom. The highest BCUT2D eigenvalue weighted by molar-refractivity contribution is 5.92. The number of rotatable bonds is 7. The predicted octanol–water partition coefficient (Wildman–Crippen LogP) is 3.62. The second kappa shape index (κ2) is 10.1. The maximum absolute atomic E-state index is 12.7. The van der Waals surface area contributed by atoms with Crippen LogP contribution in [0.25, 0.3) is 0 Å². The summed E-state index contributed by atoms with van der Waals surface area (Å²) in [5, 5.41) is 0. The number of piperazine rings is 1. The summed E-state index contributed by atoms with van der Waals surface area (Å²) >= 11 is 0. The summed E-state index contributed by atoms with van der Waals surface area (Å²) in [7, 11) is 0. The monoisotopic (exact) mass is 410 g/mol. The number of anilines is 1. The fourth-order valence-electron chi connectivity index (χ4n) is 3.31. The Morgan fingerprint density at radius 1 is 0.900 bits per heavy atom. The van der Waals surface area contributed by atoms with Gasteiger partial charge in [0.25, 0.3) is 5.91 Å². The third-order valence-corrected chi connectivity index (χ3v) is 5.02. The van der Waals surface area contributed by atoms with Gasteiger partial charge in [-0.25, -0.2) is 4.79 Å². The van der Waals surface area contributed by atoms with Crippen molar-refractivity contribution in [1.29, 1.82) is 0 Å². The maximum Gasteiger partial charge on any atom is 0.338 e. The molecular weight excluding hydrogens is 380 g/mol. The number of esters is 1. The zero-order chi connectivity index (χ0) is 21.5. The lowest BCUT2D eigenvalue weighted by molar-refractivity contribution is -0.140. The molecule has 1 heterocycles. The van der Waals surface area contributed by atoms with Crippen LogP contribution in [0.2, 0.25) is 0 Å². The molecule has 1 atom stereocenters. The van der Waals surface area contributed by atoms with E-state index in [1.165, 1.54) is 0 Å². The number of para-hydroxylation sites is 1. The van der Waals surface area contributed by atoms with Crippen molar-refractivity contribution in [2.24, 2.45) is 5.92 Å². The molecule has 1 aliphatic rings. The second-order valence-electron chi connectivity index (χ2n) is 7.92. The van der Waals surface area contributed by atoms with Gasteiger partial charge in [-0.3, -0.25) is 4.79 Å². The van der Waals surface area contributed by atoms with Crippen LogP contribution in [0.5, 0.6) is 5.75 Å². The minimum atomic E-state index is -0.822. The van der Waals surface area contributed by atoms with Gasteiger partial charge in [0, 0.05) is 31.9 Å². The van der Waals surface area contributed by atoms with Crippen LogP contribution in [-0.2, 0) is 9.53 Å². The molecule has 1 amide bonds. The Morgan fingerprint density at radius 3 is 2.13 bits per heavy atom. The number of carbonyl (C=O) groups is 2. The van der Waals surface area contributed by atoms with E-state index < -0.39 is 12.1 Å². The van der Waals surface area contributed by atoms with Crippen LogP contribution >= 0.6 is 0 Å². The van der Waals surface area contributed by atoms with Crippen LogP contribution in [-0.4, -0.2) is 55.7 Å². The highest BCUT2D eigenvalue weighted by Crippen LogP contribution is 2.17. The first-order valence-corrected chi connectivity index (χ1v) is 10.5. The lowest BCUT2D eigenvalue weighted by Crippen LogP contribution is -2.51. The number of hydrogen-bond donors (Lipinski definition) is 0. The third-order valence-electron chi connectivity index (χ3n) is 5.02. The predicted molar refractivity (Wildman–Crippen MR) is 117 cm³/mol. The van der Waals surface area contributed by atoms with E-state index in [-0.39, 0.29) is 5.91 Å². The van der Waals surface area contributed by atoms with Crippen molar-refractivity contribution < 1.29 is 19.1 Å². The quantitative estimate of drug-likeness (QED) is 0.653. The van der Waals surface area contributed by atoms with E-state index in [1.54, 1.807) is 36.1 Å². The molecule has 0 N–H and O–H groups in total. The average molecular weight is 411 g/mol. The average Bonchev–Trinajstić information content (AvgIpc) is 2.78. The number of amides is 1. The van der Waals surface area contributed by atoms with Gasteiger partial charge >= 0.3 is 5.97 Å². The molecule has 2 aromatic rings. The highest BCUT2D eigenvalue weighted by atomic mass is 16.5. The molecule has 0 aromatic heterocycles. The van der Waals surface area contributed by atoms with Crippen molar-refractivity contribution >= 4 is 17.6 Å². The summed E-state index contributed by atoms with van der Waals surface area (Å²) in [5.74, 6) is 0.471. The van der Waals surface area contributed by atoms with Gasteiger partial charge in [-0.1, -0.05) is 32.0 Å². The smallest absolute Gasteiger partial charge is 0.338 e. The highest BCUT2D eigenvalue weighted by Gasteiger charge is 2.27. The Labute approximate surface area is 178 Å². The lowest BCUT2D eigenvalue weighted by Gasteiger charge is -2.37. The van der Waals surface area contributed by atoms with Crippen LogP contribution in [0.4, 0.5) is 5.69 Å². The lowest BCUT2D eigenvalue weighted by atomic mass is 10.2. The molecule has 0 saturated carbocycles. The summed E-state index contributed by atoms with van der Waals surface area (Å²) < 4.78 is 11.0. The molecule has 160 valence electrons. The largest absolute Gasteiger partial charge is 0.493 e. The van der Waals surface area contributed by atoms with Crippen molar-refractivity contribution in [1.82, 2.24) is 4.90 Å². The van der Waals surface area contributed by atoms with Gasteiger partial charge < -0.3 is 19.3 Å². The van der Waals surface area contributed by atoms with Crippen molar-refractivity contribution in [2.75, 3.05) is 37.7 Å². The molecule has 0 aliphatic carbocycles. The van der Waals surface area contributed by atoms with Gasteiger partial charge in [0.05, 0.1) is 12.2 Å². The van der Waals surface area contributed by atoms with Gasteiger partial charge in [-0.05, 0) is 49.2 Å². The van der Waals surface area contributed by atoms with Gasteiger partial charge in [0.1, 0.15) is 5.75 Å². The van der Waals surface area contributed by atoms with Crippen LogP contribution in [0.15, 0.2) is 54.6 Å². The number of hydrogen-bond acceptors (Lipinski definition) is 5. The second-order valence-corrected chi connectivity index (χ2v) is 7.92. The summed E-state index contributed by atoms with van der Waals surface area (Å²) in [6.45, 7) is 9.13. The first-order valence-electron chi connectivity index (χ1n) is 10.5. The molecule has 2 aromatic carbocycles. The first kappa shape index (κ1) is 21.7. The Hall–Kier alpha value is -3.02. The van der Waals surface area contributed by atoms with E-state index in [9.17, 15) is 9.59 Å². The molecule has 6 heteroatoms. The van der Waals surface area contributed by atoms with Crippen LogP contribution in [0.3, 0.4) is 0 Å². The number of nitrogens with zero attached hydrogens (tertiary/aromatic N) is 2. The Balaban J connectivity index is 1.49. The van der Waals surface area contributed by atoms with Crippen molar-refractivity contribution in [3.05, 3.63) is 60.2 Å². The molecule has 0 radical (unpaired) electrons. The number of benzene rings is 2. The fraction of sp³-hybridized carbons (Fsp3) is 0.417. The van der Waals surface area contributed by atoms with Gasteiger partial charge in [-0.15, -0.1) is 0 Å². The van der Waals surface area contributed by atoms with E-state index >= 15 is 0 Å². The molecule has 0 spiro atoms. The molecular formula is C24H30N2O4. The van der Waals surface area contributed by atoms with Crippen LogP contribution in [0, 0.1) is 5.92 Å². The molecule has 3 rings (SSSR count). The van der Waals surface area contributed by atoms with Crippen LogP contribution < -0.4 is 9.64 Å².